The molecule has 1 aliphatic rings. The first-order chi connectivity index (χ1) is 6.81. The van der Waals surface area contributed by atoms with E-state index >= 15 is 0 Å². The van der Waals surface area contributed by atoms with Crippen molar-refractivity contribution in [3.05, 3.63) is 22.8 Å². The number of hydrogen-bond acceptors (Lipinski definition) is 4. The molecule has 14 heavy (non-hydrogen) atoms. The standard InChI is InChI=1S/C10H15N3O/c1-7-8-6-14-5-3-9(8)13-10(12-7)2-4-11/h2-6,11H2,1H3. The Balaban J connectivity index is 2.36. The third-order valence-corrected chi connectivity index (χ3v) is 2.44. The molecule has 0 saturated heterocycles. The third-order valence-electron chi connectivity index (χ3n) is 2.44. The van der Waals surface area contributed by atoms with Crippen LogP contribution in [-0.4, -0.2) is 23.1 Å². The van der Waals surface area contributed by atoms with Gasteiger partial charge in [-0.2, -0.15) is 0 Å². The lowest BCUT2D eigenvalue weighted by atomic mass is 10.1. The molecule has 0 spiro atoms. The molecular weight excluding hydrogens is 178 g/mol. The Bertz CT molecular complexity index is 338. The first-order valence-electron chi connectivity index (χ1n) is 4.94. The molecule has 1 aliphatic heterocycles. The highest BCUT2D eigenvalue weighted by molar-refractivity contribution is 5.26. The minimum absolute atomic E-state index is 0.606. The van der Waals surface area contributed by atoms with Crippen molar-refractivity contribution < 1.29 is 4.74 Å². The summed E-state index contributed by atoms with van der Waals surface area (Å²) < 4.78 is 5.37. The summed E-state index contributed by atoms with van der Waals surface area (Å²) >= 11 is 0. The summed E-state index contributed by atoms with van der Waals surface area (Å²) in [5.41, 5.74) is 8.83. The van der Waals surface area contributed by atoms with Crippen molar-refractivity contribution >= 4 is 0 Å². The molecule has 0 radical (unpaired) electrons. The molecule has 2 rings (SSSR count). The molecule has 2 N–H and O–H groups in total. The van der Waals surface area contributed by atoms with E-state index in [0.717, 1.165) is 42.2 Å². The van der Waals surface area contributed by atoms with Crippen molar-refractivity contribution in [2.45, 2.75) is 26.4 Å². The average Bonchev–Trinajstić information content (AvgIpc) is 2.18. The second kappa shape index (κ2) is 4.02. The molecule has 4 nitrogen and oxygen atoms in total. The minimum atomic E-state index is 0.606. The smallest absolute Gasteiger partial charge is 0.130 e. The zero-order chi connectivity index (χ0) is 9.97. The molecule has 76 valence electrons. The Hall–Kier alpha value is -1.00. The highest BCUT2D eigenvalue weighted by Gasteiger charge is 2.15. The Kier molecular flexibility index (Phi) is 2.74. The van der Waals surface area contributed by atoms with Crippen LogP contribution >= 0.6 is 0 Å². The normalized spacial score (nSPS) is 15.3. The first kappa shape index (κ1) is 9.55. The van der Waals surface area contributed by atoms with Crippen LogP contribution in [-0.2, 0) is 24.2 Å². The van der Waals surface area contributed by atoms with Crippen LogP contribution in [0.15, 0.2) is 0 Å². The van der Waals surface area contributed by atoms with Crippen LogP contribution in [0.5, 0.6) is 0 Å². The van der Waals surface area contributed by atoms with Gasteiger partial charge in [0.1, 0.15) is 5.82 Å². The fourth-order valence-electron chi connectivity index (χ4n) is 1.70. The molecule has 0 aromatic carbocycles. The van der Waals surface area contributed by atoms with Crippen molar-refractivity contribution in [1.29, 1.82) is 0 Å². The molecule has 2 heterocycles. The number of aryl methyl sites for hydroxylation is 1. The largest absolute Gasteiger partial charge is 0.376 e. The van der Waals surface area contributed by atoms with Gasteiger partial charge in [-0.3, -0.25) is 0 Å². The predicted octanol–water partition coefficient (Wildman–Crippen LogP) is 0.359. The van der Waals surface area contributed by atoms with Gasteiger partial charge in [-0.05, 0) is 13.5 Å². The second-order valence-corrected chi connectivity index (χ2v) is 3.49. The zero-order valence-electron chi connectivity index (χ0n) is 8.42. The van der Waals surface area contributed by atoms with Crippen molar-refractivity contribution in [3.63, 3.8) is 0 Å². The minimum Gasteiger partial charge on any atom is -0.376 e. The van der Waals surface area contributed by atoms with E-state index in [0.29, 0.717) is 13.2 Å². The van der Waals surface area contributed by atoms with Crippen molar-refractivity contribution in [1.82, 2.24) is 9.97 Å². The molecule has 4 heteroatoms. The van der Waals surface area contributed by atoms with Gasteiger partial charge in [-0.25, -0.2) is 9.97 Å². The summed E-state index contributed by atoms with van der Waals surface area (Å²) in [6.07, 6.45) is 1.66. The molecule has 0 aliphatic carbocycles. The Morgan fingerprint density at radius 3 is 3.07 bits per heavy atom. The summed E-state index contributed by atoms with van der Waals surface area (Å²) in [5, 5.41) is 0. The second-order valence-electron chi connectivity index (χ2n) is 3.49. The fraction of sp³-hybridized carbons (Fsp3) is 0.600. The van der Waals surface area contributed by atoms with Crippen LogP contribution in [0.4, 0.5) is 0 Å². The topological polar surface area (TPSA) is 61.0 Å². The zero-order valence-corrected chi connectivity index (χ0v) is 8.42. The fourth-order valence-corrected chi connectivity index (χ4v) is 1.70. The summed E-state index contributed by atoms with van der Waals surface area (Å²) in [7, 11) is 0. The summed E-state index contributed by atoms with van der Waals surface area (Å²) in [6, 6.07) is 0. The Morgan fingerprint density at radius 2 is 2.29 bits per heavy atom. The Morgan fingerprint density at radius 1 is 1.43 bits per heavy atom. The van der Waals surface area contributed by atoms with Gasteiger partial charge in [-0.1, -0.05) is 0 Å². The summed E-state index contributed by atoms with van der Waals surface area (Å²) in [5.74, 6) is 0.866. The van der Waals surface area contributed by atoms with E-state index in [4.69, 9.17) is 10.5 Å². The molecule has 0 bridgehead atoms. The van der Waals surface area contributed by atoms with E-state index in [1.165, 1.54) is 0 Å². The molecule has 0 fully saturated rings. The van der Waals surface area contributed by atoms with Crippen LogP contribution in [0, 0.1) is 6.92 Å². The van der Waals surface area contributed by atoms with Crippen molar-refractivity contribution in [3.8, 4) is 0 Å². The van der Waals surface area contributed by atoms with Crippen LogP contribution in [0.3, 0.4) is 0 Å². The first-order valence-corrected chi connectivity index (χ1v) is 4.94. The quantitative estimate of drug-likeness (QED) is 0.736. The van der Waals surface area contributed by atoms with E-state index in [1.54, 1.807) is 0 Å². The lowest BCUT2D eigenvalue weighted by Gasteiger charge is -2.17. The molecule has 0 amide bonds. The van der Waals surface area contributed by atoms with Crippen LogP contribution in [0.2, 0.25) is 0 Å². The summed E-state index contributed by atoms with van der Waals surface area (Å²) in [4.78, 5) is 8.90. The highest BCUT2D eigenvalue weighted by Crippen LogP contribution is 2.17. The van der Waals surface area contributed by atoms with Gasteiger partial charge in [-0.15, -0.1) is 0 Å². The maximum Gasteiger partial charge on any atom is 0.130 e. The number of fused-ring (bicyclic) bond motifs is 1. The van der Waals surface area contributed by atoms with E-state index < -0.39 is 0 Å². The van der Waals surface area contributed by atoms with Gasteiger partial charge in [0.2, 0.25) is 0 Å². The van der Waals surface area contributed by atoms with E-state index in [2.05, 4.69) is 9.97 Å². The van der Waals surface area contributed by atoms with Crippen LogP contribution < -0.4 is 5.73 Å². The van der Waals surface area contributed by atoms with Gasteiger partial charge < -0.3 is 10.5 Å². The predicted molar refractivity (Wildman–Crippen MR) is 52.9 cm³/mol. The van der Waals surface area contributed by atoms with E-state index in [1.807, 2.05) is 6.92 Å². The molecule has 1 aromatic heterocycles. The summed E-state index contributed by atoms with van der Waals surface area (Å²) in [6.45, 7) is 4.04. The van der Waals surface area contributed by atoms with Gasteiger partial charge in [0.25, 0.3) is 0 Å². The average molecular weight is 193 g/mol. The number of nitrogens with two attached hydrogens (primary N) is 1. The number of hydrogen-bond donors (Lipinski definition) is 1. The van der Waals surface area contributed by atoms with Gasteiger partial charge >= 0.3 is 0 Å². The number of nitrogens with zero attached hydrogens (tertiary/aromatic N) is 2. The monoisotopic (exact) mass is 193 g/mol. The molecule has 0 unspecified atom stereocenters. The maximum atomic E-state index is 5.48. The number of aromatic nitrogens is 2. The molecular formula is C10H15N3O. The van der Waals surface area contributed by atoms with Crippen LogP contribution in [0.1, 0.15) is 22.8 Å². The van der Waals surface area contributed by atoms with Crippen molar-refractivity contribution in [2.75, 3.05) is 13.2 Å². The lowest BCUT2D eigenvalue weighted by molar-refractivity contribution is 0.108. The molecule has 0 atom stereocenters. The third kappa shape index (κ3) is 1.76. The van der Waals surface area contributed by atoms with E-state index in [9.17, 15) is 0 Å². The number of ether oxygens (including phenoxy) is 1. The van der Waals surface area contributed by atoms with Gasteiger partial charge in [0, 0.05) is 24.1 Å². The van der Waals surface area contributed by atoms with Crippen LogP contribution in [0.25, 0.3) is 0 Å². The maximum absolute atomic E-state index is 5.48. The van der Waals surface area contributed by atoms with Gasteiger partial charge in [0.05, 0.1) is 18.9 Å². The highest BCUT2D eigenvalue weighted by atomic mass is 16.5. The molecule has 1 aromatic rings. The Labute approximate surface area is 83.5 Å². The van der Waals surface area contributed by atoms with Crippen molar-refractivity contribution in [2.24, 2.45) is 5.73 Å². The van der Waals surface area contributed by atoms with Gasteiger partial charge in [0.15, 0.2) is 0 Å². The SMILES string of the molecule is Cc1nc(CCN)nc2c1COCC2. The number of rotatable bonds is 2. The van der Waals surface area contributed by atoms with E-state index in [-0.39, 0.29) is 0 Å². The molecule has 0 saturated carbocycles. The lowest BCUT2D eigenvalue weighted by Crippen LogP contribution is -2.17.